The van der Waals surface area contributed by atoms with E-state index in [0.717, 1.165) is 18.2 Å². The van der Waals surface area contributed by atoms with Crippen molar-refractivity contribution in [2.24, 2.45) is 5.92 Å². The molecule has 0 amide bonds. The first-order valence-corrected chi connectivity index (χ1v) is 12.8. The summed E-state index contributed by atoms with van der Waals surface area (Å²) in [4.78, 5) is 110. The lowest BCUT2D eigenvalue weighted by Crippen LogP contribution is -2.29. The Kier molecular flexibility index (Phi) is 6.97. The Bertz CT molecular complexity index is 1840. The number of carbonyl (C=O) groups excluding carboxylic acids is 9. The average molecular weight is 614 g/mol. The van der Waals surface area contributed by atoms with Crippen molar-refractivity contribution >= 4 is 53.7 Å². The van der Waals surface area contributed by atoms with Crippen molar-refractivity contribution < 1.29 is 71.6 Å². The third-order valence-corrected chi connectivity index (χ3v) is 6.69. The van der Waals surface area contributed by atoms with E-state index in [9.17, 15) is 43.2 Å². The maximum absolute atomic E-state index is 13.2. The number of fused-ring (bicyclic) bond motifs is 3. The molecule has 15 nitrogen and oxygen atoms in total. The van der Waals surface area contributed by atoms with Gasteiger partial charge in [-0.05, 0) is 54.6 Å². The largest absolute Gasteiger partial charge is 0.426 e. The summed E-state index contributed by atoms with van der Waals surface area (Å²) in [7, 11) is 0. The van der Waals surface area contributed by atoms with E-state index in [0.29, 0.717) is 0 Å². The first-order chi connectivity index (χ1) is 21.5. The molecule has 0 spiro atoms. The molecule has 3 heterocycles. The van der Waals surface area contributed by atoms with Gasteiger partial charge in [0.2, 0.25) is 0 Å². The molecule has 6 rings (SSSR count). The number of ether oxygens (including phenoxy) is 6. The Morgan fingerprint density at radius 1 is 0.467 bits per heavy atom. The highest BCUT2D eigenvalue weighted by molar-refractivity contribution is 6.16. The van der Waals surface area contributed by atoms with Crippen LogP contribution < -0.4 is 14.2 Å². The summed E-state index contributed by atoms with van der Waals surface area (Å²) in [5.74, 6) is -10.8. The van der Waals surface area contributed by atoms with Gasteiger partial charge in [-0.3, -0.25) is 14.4 Å². The van der Waals surface area contributed by atoms with Gasteiger partial charge in [-0.25, -0.2) is 28.8 Å². The zero-order valence-electron chi connectivity index (χ0n) is 22.3. The first-order valence-electron chi connectivity index (χ1n) is 12.8. The molecule has 3 aliphatic rings. The molecule has 0 saturated carbocycles. The monoisotopic (exact) mass is 614 g/mol. The maximum atomic E-state index is 13.2. The first kappa shape index (κ1) is 28.6. The molecule has 45 heavy (non-hydrogen) atoms. The van der Waals surface area contributed by atoms with Crippen molar-refractivity contribution in [1.29, 1.82) is 0 Å². The topological polar surface area (TPSA) is 209 Å². The van der Waals surface area contributed by atoms with Crippen LogP contribution in [0.4, 0.5) is 0 Å². The molecule has 0 aliphatic carbocycles. The number of cyclic esters (lactones) is 6. The van der Waals surface area contributed by atoms with Crippen LogP contribution in [-0.4, -0.2) is 53.7 Å². The average Bonchev–Trinajstić information content (AvgIpc) is 3.55. The van der Waals surface area contributed by atoms with Gasteiger partial charge in [-0.15, -0.1) is 0 Å². The quantitative estimate of drug-likeness (QED) is 0.154. The fourth-order valence-corrected chi connectivity index (χ4v) is 4.57. The van der Waals surface area contributed by atoms with Crippen LogP contribution in [0.15, 0.2) is 54.6 Å². The number of benzene rings is 3. The van der Waals surface area contributed by atoms with Gasteiger partial charge in [0, 0.05) is 0 Å². The van der Waals surface area contributed by atoms with E-state index >= 15 is 0 Å². The van der Waals surface area contributed by atoms with E-state index in [1.54, 1.807) is 0 Å². The smallest absolute Gasteiger partial charge is 0.347 e. The van der Waals surface area contributed by atoms with E-state index in [1.807, 2.05) is 0 Å². The third-order valence-electron chi connectivity index (χ3n) is 6.69. The van der Waals surface area contributed by atoms with Crippen LogP contribution >= 0.6 is 0 Å². The number of rotatable bonds is 8. The molecule has 0 saturated heterocycles. The van der Waals surface area contributed by atoms with Crippen LogP contribution in [0, 0.1) is 5.92 Å². The molecule has 0 atom stereocenters. The molecule has 3 aromatic carbocycles. The van der Waals surface area contributed by atoms with Crippen LogP contribution in [0.2, 0.25) is 0 Å². The van der Waals surface area contributed by atoms with Crippen LogP contribution in [0.25, 0.3) is 0 Å². The lowest BCUT2D eigenvalue weighted by molar-refractivity contribution is -0.149. The summed E-state index contributed by atoms with van der Waals surface area (Å²) in [5, 5.41) is 0. The van der Waals surface area contributed by atoms with Gasteiger partial charge >= 0.3 is 53.7 Å². The molecule has 3 aliphatic heterocycles. The zero-order valence-corrected chi connectivity index (χ0v) is 22.3. The van der Waals surface area contributed by atoms with Gasteiger partial charge in [0.25, 0.3) is 0 Å². The summed E-state index contributed by atoms with van der Waals surface area (Å²) in [5.41, 5.74) is -0.566. The number of carbonyl (C=O) groups is 9. The Labute approximate surface area is 249 Å². The summed E-state index contributed by atoms with van der Waals surface area (Å²) < 4.78 is 29.2. The molecule has 0 unspecified atom stereocenters. The maximum Gasteiger partial charge on any atom is 0.347 e. The molecular formula is C30H14O15. The summed E-state index contributed by atoms with van der Waals surface area (Å²) in [6.07, 6.45) is -1.52. The number of hydrogen-bond donors (Lipinski definition) is 0. The van der Waals surface area contributed by atoms with Crippen LogP contribution in [-0.2, 0) is 28.6 Å². The molecule has 0 N–H and O–H groups in total. The van der Waals surface area contributed by atoms with E-state index in [1.165, 1.54) is 36.4 Å². The van der Waals surface area contributed by atoms with E-state index in [4.69, 9.17) is 14.2 Å². The minimum atomic E-state index is -1.55. The van der Waals surface area contributed by atoms with E-state index in [2.05, 4.69) is 14.2 Å². The summed E-state index contributed by atoms with van der Waals surface area (Å²) >= 11 is 0. The molecule has 3 aromatic rings. The standard InChI is InChI=1S/C30H14O15/c31-22(40-13-1-4-16-19(9-13)28(37)43-25(16)34)7-12(24(33)42-15-3-6-18-21(11-15)30(39)45-27(18)36)8-23(32)41-14-2-5-17-20(10-14)29(38)44-26(17)35/h1-6,9-12H,7-8H2. The molecule has 224 valence electrons. The molecule has 0 radical (unpaired) electrons. The summed E-state index contributed by atoms with van der Waals surface area (Å²) in [6.45, 7) is 0. The Hall–Kier alpha value is -6.51. The Balaban J connectivity index is 1.19. The van der Waals surface area contributed by atoms with Crippen molar-refractivity contribution in [2.45, 2.75) is 12.8 Å². The van der Waals surface area contributed by atoms with Gasteiger partial charge in [0.15, 0.2) is 0 Å². The van der Waals surface area contributed by atoms with Crippen molar-refractivity contribution in [2.75, 3.05) is 0 Å². The second-order valence-electron chi connectivity index (χ2n) is 9.63. The minimum Gasteiger partial charge on any atom is -0.426 e. The van der Waals surface area contributed by atoms with Gasteiger partial charge in [-0.1, -0.05) is 0 Å². The highest BCUT2D eigenvalue weighted by Crippen LogP contribution is 2.29. The van der Waals surface area contributed by atoms with Crippen LogP contribution in [0.3, 0.4) is 0 Å². The number of esters is 9. The van der Waals surface area contributed by atoms with Crippen LogP contribution in [0.1, 0.15) is 75.0 Å². The lowest BCUT2D eigenvalue weighted by Gasteiger charge is -2.15. The zero-order chi connectivity index (χ0) is 32.0. The number of hydrogen-bond acceptors (Lipinski definition) is 15. The third kappa shape index (κ3) is 5.52. The van der Waals surface area contributed by atoms with E-state index < -0.39 is 72.5 Å². The highest BCUT2D eigenvalue weighted by atomic mass is 16.6. The molecule has 0 aromatic heterocycles. The van der Waals surface area contributed by atoms with E-state index in [-0.39, 0.29) is 50.6 Å². The van der Waals surface area contributed by atoms with Crippen LogP contribution in [0.5, 0.6) is 17.2 Å². The second kappa shape index (κ2) is 11.0. The SMILES string of the molecule is O=C(CC(CC(=O)Oc1ccc2c(c1)C(=O)OC2=O)C(=O)Oc1ccc2c(c1)C(=O)OC2=O)Oc1ccc2c(c1)C(=O)OC2=O. The minimum absolute atomic E-state index is 0.0342. The molecule has 15 heteroatoms. The normalized spacial score (nSPS) is 14.3. The van der Waals surface area contributed by atoms with Gasteiger partial charge in [0.05, 0.1) is 52.1 Å². The fourth-order valence-electron chi connectivity index (χ4n) is 4.57. The highest BCUT2D eigenvalue weighted by Gasteiger charge is 2.34. The van der Waals surface area contributed by atoms with Crippen molar-refractivity contribution in [3.8, 4) is 17.2 Å². The Morgan fingerprint density at radius 3 is 1.13 bits per heavy atom. The lowest BCUT2D eigenvalue weighted by atomic mass is 10.0. The van der Waals surface area contributed by atoms with Gasteiger partial charge in [0.1, 0.15) is 17.2 Å². The van der Waals surface area contributed by atoms with Crippen molar-refractivity contribution in [3.05, 3.63) is 88.0 Å². The second-order valence-corrected chi connectivity index (χ2v) is 9.63. The predicted octanol–water partition coefficient (Wildman–Crippen LogP) is 2.13. The molecule has 0 bridgehead atoms. The molecular weight excluding hydrogens is 600 g/mol. The Morgan fingerprint density at radius 2 is 0.778 bits per heavy atom. The van der Waals surface area contributed by atoms with Crippen molar-refractivity contribution in [3.63, 3.8) is 0 Å². The van der Waals surface area contributed by atoms with Crippen molar-refractivity contribution in [1.82, 2.24) is 0 Å². The fraction of sp³-hybridized carbons (Fsp3) is 0.100. The summed E-state index contributed by atoms with van der Waals surface area (Å²) in [6, 6.07) is 10.5. The van der Waals surface area contributed by atoms with Gasteiger partial charge in [-0.2, -0.15) is 0 Å². The molecule has 0 fully saturated rings. The predicted molar refractivity (Wildman–Crippen MR) is 138 cm³/mol. The van der Waals surface area contributed by atoms with Gasteiger partial charge < -0.3 is 28.4 Å².